The van der Waals surface area contributed by atoms with Crippen molar-refractivity contribution in [3.05, 3.63) is 52.0 Å². The first-order chi connectivity index (χ1) is 8.06. The average Bonchev–Trinajstić information content (AvgIpc) is 2.61. The first kappa shape index (κ1) is 11.9. The number of halogens is 1. The highest BCUT2D eigenvalue weighted by Gasteiger charge is 2.09. The fourth-order valence-electron chi connectivity index (χ4n) is 1.62. The van der Waals surface area contributed by atoms with Gasteiger partial charge in [0, 0.05) is 25.1 Å². The molecule has 1 N–H and O–H groups in total. The van der Waals surface area contributed by atoms with E-state index in [0.717, 1.165) is 15.7 Å². The van der Waals surface area contributed by atoms with E-state index in [0.29, 0.717) is 6.54 Å². The summed E-state index contributed by atoms with van der Waals surface area (Å²) >= 11 is 3.34. The molecule has 0 saturated carbocycles. The Morgan fingerprint density at radius 2 is 2.24 bits per heavy atom. The predicted molar refractivity (Wildman–Crippen MR) is 67.2 cm³/mol. The zero-order chi connectivity index (χ0) is 12.4. The van der Waals surface area contributed by atoms with Gasteiger partial charge in [0.15, 0.2) is 0 Å². The van der Waals surface area contributed by atoms with E-state index < -0.39 is 5.97 Å². The van der Waals surface area contributed by atoms with Crippen LogP contribution in [0.1, 0.15) is 21.5 Å². The maximum Gasteiger partial charge on any atom is 0.337 e. The zero-order valence-corrected chi connectivity index (χ0v) is 10.8. The molecule has 0 unspecified atom stereocenters. The van der Waals surface area contributed by atoms with Crippen LogP contribution in [0.3, 0.4) is 0 Å². The van der Waals surface area contributed by atoms with Crippen LogP contribution in [0.15, 0.2) is 35.3 Å². The molecule has 17 heavy (non-hydrogen) atoms. The molecule has 0 aromatic carbocycles. The normalized spacial score (nSPS) is 10.5. The van der Waals surface area contributed by atoms with Gasteiger partial charge in [-0.2, -0.15) is 0 Å². The molecule has 0 aliphatic rings. The van der Waals surface area contributed by atoms with Gasteiger partial charge in [0.05, 0.1) is 10.2 Å². The van der Waals surface area contributed by atoms with E-state index in [1.54, 1.807) is 24.7 Å². The van der Waals surface area contributed by atoms with Crippen LogP contribution in [0.5, 0.6) is 0 Å². The third kappa shape index (κ3) is 2.74. The third-order valence-corrected chi connectivity index (χ3v) is 3.06. The van der Waals surface area contributed by atoms with Crippen LogP contribution in [0.25, 0.3) is 0 Å². The van der Waals surface area contributed by atoms with Gasteiger partial charge in [-0.15, -0.1) is 0 Å². The van der Waals surface area contributed by atoms with Crippen molar-refractivity contribution in [1.29, 1.82) is 0 Å². The second-order valence-corrected chi connectivity index (χ2v) is 4.67. The number of hydrogen-bond donors (Lipinski definition) is 1. The third-order valence-electron chi connectivity index (χ3n) is 2.38. The van der Waals surface area contributed by atoms with Crippen molar-refractivity contribution in [3.8, 4) is 0 Å². The summed E-state index contributed by atoms with van der Waals surface area (Å²) in [6.45, 7) is 2.58. The maximum absolute atomic E-state index is 10.8. The summed E-state index contributed by atoms with van der Waals surface area (Å²) in [5.41, 5.74) is 2.40. The number of carboxylic acids is 1. The van der Waals surface area contributed by atoms with E-state index in [4.69, 9.17) is 5.11 Å². The largest absolute Gasteiger partial charge is 0.478 e. The molecule has 88 valence electrons. The van der Waals surface area contributed by atoms with Gasteiger partial charge in [0.2, 0.25) is 0 Å². The van der Waals surface area contributed by atoms with Crippen LogP contribution in [0, 0.1) is 6.92 Å². The summed E-state index contributed by atoms with van der Waals surface area (Å²) in [4.78, 5) is 14.9. The number of carbonyl (C=O) groups is 1. The van der Waals surface area contributed by atoms with Crippen LogP contribution in [-0.2, 0) is 6.54 Å². The highest BCUT2D eigenvalue weighted by atomic mass is 79.9. The minimum absolute atomic E-state index is 0.275. The van der Waals surface area contributed by atoms with Gasteiger partial charge in [-0.3, -0.25) is 4.98 Å². The number of aromatic nitrogens is 2. The Bertz CT molecular complexity index is 563. The Labute approximate surface area is 107 Å². The molecule has 2 rings (SSSR count). The molecule has 0 radical (unpaired) electrons. The first-order valence-electron chi connectivity index (χ1n) is 5.06. The standard InChI is InChI=1S/C12H11BrN2O2/c1-8-2-9(5-14-4-8)6-15-7-10(12(16)17)3-11(15)13/h2-5,7H,6H2,1H3,(H,16,17). The van der Waals surface area contributed by atoms with Gasteiger partial charge >= 0.3 is 5.97 Å². The molecule has 2 heterocycles. The van der Waals surface area contributed by atoms with E-state index in [2.05, 4.69) is 20.9 Å². The fourth-order valence-corrected chi connectivity index (χ4v) is 2.09. The summed E-state index contributed by atoms with van der Waals surface area (Å²) in [7, 11) is 0. The molecular weight excluding hydrogens is 284 g/mol. The van der Waals surface area contributed by atoms with Gasteiger partial charge in [-0.1, -0.05) is 6.07 Å². The summed E-state index contributed by atoms with van der Waals surface area (Å²) in [5.74, 6) is -0.924. The van der Waals surface area contributed by atoms with E-state index >= 15 is 0 Å². The monoisotopic (exact) mass is 294 g/mol. The Morgan fingerprint density at radius 3 is 2.82 bits per heavy atom. The molecule has 5 heteroatoms. The highest BCUT2D eigenvalue weighted by Crippen LogP contribution is 2.17. The second kappa shape index (κ2) is 4.71. The lowest BCUT2D eigenvalue weighted by Gasteiger charge is -2.05. The van der Waals surface area contributed by atoms with E-state index in [9.17, 15) is 4.79 Å². The van der Waals surface area contributed by atoms with Crippen LogP contribution in [-0.4, -0.2) is 20.6 Å². The van der Waals surface area contributed by atoms with E-state index in [1.165, 1.54) is 0 Å². The Balaban J connectivity index is 2.27. The maximum atomic E-state index is 10.8. The first-order valence-corrected chi connectivity index (χ1v) is 5.85. The van der Waals surface area contributed by atoms with Gasteiger partial charge in [-0.25, -0.2) is 4.79 Å². The van der Waals surface area contributed by atoms with Crippen molar-refractivity contribution < 1.29 is 9.90 Å². The van der Waals surface area contributed by atoms with Gasteiger partial charge in [0.25, 0.3) is 0 Å². The summed E-state index contributed by atoms with van der Waals surface area (Å²) in [5, 5.41) is 8.89. The zero-order valence-electron chi connectivity index (χ0n) is 9.22. The molecule has 0 aliphatic heterocycles. The molecule has 0 atom stereocenters. The SMILES string of the molecule is Cc1cncc(Cn2cc(C(=O)O)cc2Br)c1. The topological polar surface area (TPSA) is 55.1 Å². The summed E-state index contributed by atoms with van der Waals surface area (Å²) in [6, 6.07) is 3.62. The molecule has 0 amide bonds. The molecule has 0 fully saturated rings. The lowest BCUT2D eigenvalue weighted by Crippen LogP contribution is -2.00. The number of aromatic carboxylic acids is 1. The van der Waals surface area contributed by atoms with Crippen LogP contribution < -0.4 is 0 Å². The number of aryl methyl sites for hydroxylation is 1. The van der Waals surface area contributed by atoms with Crippen LogP contribution in [0.4, 0.5) is 0 Å². The number of rotatable bonds is 3. The molecule has 0 aliphatic carbocycles. The average molecular weight is 295 g/mol. The van der Waals surface area contributed by atoms with Crippen LogP contribution in [0.2, 0.25) is 0 Å². The van der Waals surface area contributed by atoms with Crippen molar-refractivity contribution in [3.63, 3.8) is 0 Å². The Morgan fingerprint density at radius 1 is 1.47 bits per heavy atom. The second-order valence-electron chi connectivity index (χ2n) is 3.86. The fraction of sp³-hybridized carbons (Fsp3) is 0.167. The number of hydrogen-bond acceptors (Lipinski definition) is 2. The summed E-state index contributed by atoms with van der Waals surface area (Å²) in [6.07, 6.45) is 5.17. The molecule has 0 bridgehead atoms. The lowest BCUT2D eigenvalue weighted by molar-refractivity contribution is 0.0697. The number of nitrogens with zero attached hydrogens (tertiary/aromatic N) is 2. The molecule has 2 aromatic rings. The van der Waals surface area contributed by atoms with Crippen molar-refractivity contribution in [2.45, 2.75) is 13.5 Å². The lowest BCUT2D eigenvalue weighted by atomic mass is 10.2. The van der Waals surface area contributed by atoms with Gasteiger partial charge in [-0.05, 0) is 40.0 Å². The Kier molecular flexibility index (Phi) is 3.28. The predicted octanol–water partition coefficient (Wildman–Crippen LogP) is 2.70. The van der Waals surface area contributed by atoms with Gasteiger partial charge in [0.1, 0.15) is 0 Å². The molecule has 4 nitrogen and oxygen atoms in total. The van der Waals surface area contributed by atoms with Crippen molar-refractivity contribution >= 4 is 21.9 Å². The van der Waals surface area contributed by atoms with E-state index in [1.807, 2.05) is 17.6 Å². The van der Waals surface area contributed by atoms with E-state index in [-0.39, 0.29) is 5.56 Å². The molecule has 2 aromatic heterocycles. The minimum atomic E-state index is -0.924. The smallest absolute Gasteiger partial charge is 0.337 e. The number of carboxylic acid groups (broad SMARTS) is 1. The Hall–Kier alpha value is -1.62. The molecular formula is C12H11BrN2O2. The highest BCUT2D eigenvalue weighted by molar-refractivity contribution is 9.10. The quantitative estimate of drug-likeness (QED) is 0.947. The molecule has 0 saturated heterocycles. The molecule has 0 spiro atoms. The van der Waals surface area contributed by atoms with Crippen molar-refractivity contribution in [2.24, 2.45) is 0 Å². The minimum Gasteiger partial charge on any atom is -0.478 e. The number of pyridine rings is 1. The van der Waals surface area contributed by atoms with Crippen molar-refractivity contribution in [2.75, 3.05) is 0 Å². The van der Waals surface area contributed by atoms with Crippen molar-refractivity contribution in [1.82, 2.24) is 9.55 Å². The summed E-state index contributed by atoms with van der Waals surface area (Å²) < 4.78 is 2.58. The van der Waals surface area contributed by atoms with Crippen LogP contribution >= 0.6 is 15.9 Å². The van der Waals surface area contributed by atoms with Gasteiger partial charge < -0.3 is 9.67 Å².